The Morgan fingerprint density at radius 2 is 1.78 bits per heavy atom. The molecule has 0 aliphatic rings. The highest BCUT2D eigenvalue weighted by Gasteiger charge is 2.17. The lowest BCUT2D eigenvalue weighted by atomic mass is 10.2. The van der Waals surface area contributed by atoms with Gasteiger partial charge in [0, 0.05) is 22.5 Å². The number of hydrogen-bond donors (Lipinski definition) is 1. The number of thioether (sulfide) groups is 1. The number of hydrogen-bond acceptors (Lipinski definition) is 5. The van der Waals surface area contributed by atoms with Crippen LogP contribution in [-0.2, 0) is 5.75 Å². The van der Waals surface area contributed by atoms with Gasteiger partial charge in [0.2, 0.25) is 0 Å². The molecule has 7 heteroatoms. The molecule has 4 aromatic rings. The van der Waals surface area contributed by atoms with E-state index in [1.165, 1.54) is 29.6 Å². The van der Waals surface area contributed by atoms with Gasteiger partial charge in [-0.3, -0.25) is 4.79 Å². The SMILES string of the molecule is Cc1cccc(NC(=O)c2nc(SCc3ccccc3F)ncc2Sc2ccccc2)c1. The molecule has 0 spiro atoms. The summed E-state index contributed by atoms with van der Waals surface area (Å²) in [5.74, 6) is -0.214. The molecule has 4 nitrogen and oxygen atoms in total. The molecule has 1 heterocycles. The first-order chi connectivity index (χ1) is 15.6. The lowest BCUT2D eigenvalue weighted by molar-refractivity contribution is 0.101. The van der Waals surface area contributed by atoms with Crippen molar-refractivity contribution in [1.82, 2.24) is 9.97 Å². The Bertz CT molecular complexity index is 1230. The number of nitrogens with zero attached hydrogens (tertiary/aromatic N) is 2. The number of benzene rings is 3. The van der Waals surface area contributed by atoms with E-state index in [4.69, 9.17) is 0 Å². The monoisotopic (exact) mass is 461 g/mol. The fourth-order valence-electron chi connectivity index (χ4n) is 2.95. The molecular weight excluding hydrogens is 441 g/mol. The summed E-state index contributed by atoms with van der Waals surface area (Å²) in [6, 6.07) is 23.9. The Labute approximate surface area is 194 Å². The van der Waals surface area contributed by atoms with E-state index in [2.05, 4.69) is 15.3 Å². The molecule has 0 unspecified atom stereocenters. The van der Waals surface area contributed by atoms with Crippen molar-refractivity contribution in [3.05, 3.63) is 108 Å². The second-order valence-corrected chi connectivity index (χ2v) is 9.04. The Morgan fingerprint density at radius 3 is 2.56 bits per heavy atom. The molecule has 0 aliphatic carbocycles. The standard InChI is InChI=1S/C25H20FN3OS2/c1-17-8-7-10-19(14-17)28-24(30)23-22(32-20-11-3-2-4-12-20)15-27-25(29-23)31-16-18-9-5-6-13-21(18)26/h2-15H,16H2,1H3,(H,28,30). The molecule has 160 valence electrons. The maximum Gasteiger partial charge on any atom is 0.275 e. The molecule has 3 aromatic carbocycles. The van der Waals surface area contributed by atoms with Gasteiger partial charge in [-0.2, -0.15) is 0 Å². The zero-order valence-corrected chi connectivity index (χ0v) is 18.9. The predicted octanol–water partition coefficient (Wildman–Crippen LogP) is 6.62. The van der Waals surface area contributed by atoms with Crippen LogP contribution in [0.1, 0.15) is 21.6 Å². The first kappa shape index (κ1) is 22.0. The van der Waals surface area contributed by atoms with Crippen LogP contribution in [0, 0.1) is 12.7 Å². The van der Waals surface area contributed by atoms with Crippen molar-refractivity contribution in [2.24, 2.45) is 0 Å². The summed E-state index contributed by atoms with van der Waals surface area (Å²) in [5, 5.41) is 3.34. The molecule has 0 atom stereocenters. The first-order valence-electron chi connectivity index (χ1n) is 9.92. The van der Waals surface area contributed by atoms with Crippen LogP contribution >= 0.6 is 23.5 Å². The van der Waals surface area contributed by atoms with Crippen LogP contribution in [0.2, 0.25) is 0 Å². The number of aromatic nitrogens is 2. The van der Waals surface area contributed by atoms with Gasteiger partial charge in [0.05, 0.1) is 4.90 Å². The molecule has 0 saturated carbocycles. The van der Waals surface area contributed by atoms with Crippen molar-refractivity contribution in [3.8, 4) is 0 Å². The first-order valence-corrected chi connectivity index (χ1v) is 11.7. The van der Waals surface area contributed by atoms with Crippen LogP contribution in [0.4, 0.5) is 10.1 Å². The van der Waals surface area contributed by atoms with Crippen molar-refractivity contribution in [1.29, 1.82) is 0 Å². The fraction of sp³-hybridized carbons (Fsp3) is 0.0800. The summed E-state index contributed by atoms with van der Waals surface area (Å²) >= 11 is 2.72. The van der Waals surface area contributed by atoms with Gasteiger partial charge in [-0.25, -0.2) is 14.4 Å². The normalized spacial score (nSPS) is 10.7. The third-order valence-corrected chi connectivity index (χ3v) is 6.45. The number of aryl methyl sites for hydroxylation is 1. The fourth-order valence-corrected chi connectivity index (χ4v) is 4.64. The summed E-state index contributed by atoms with van der Waals surface area (Å²) < 4.78 is 14.0. The topological polar surface area (TPSA) is 54.9 Å². The highest BCUT2D eigenvalue weighted by Crippen LogP contribution is 2.31. The molecule has 0 bridgehead atoms. The lowest BCUT2D eigenvalue weighted by Gasteiger charge is -2.11. The highest BCUT2D eigenvalue weighted by atomic mass is 32.2. The number of halogens is 1. The van der Waals surface area contributed by atoms with Gasteiger partial charge in [-0.15, -0.1) is 0 Å². The Kier molecular flexibility index (Phi) is 7.19. The second-order valence-electron chi connectivity index (χ2n) is 6.98. The minimum Gasteiger partial charge on any atom is -0.321 e. The third kappa shape index (κ3) is 5.75. The quantitative estimate of drug-likeness (QED) is 0.248. The van der Waals surface area contributed by atoms with Crippen molar-refractivity contribution < 1.29 is 9.18 Å². The van der Waals surface area contributed by atoms with Crippen LogP contribution in [0.15, 0.2) is 100 Å². The number of nitrogens with one attached hydrogen (secondary N) is 1. The number of rotatable bonds is 7. The minimum absolute atomic E-state index is 0.270. The van der Waals surface area contributed by atoms with Crippen LogP contribution in [0.3, 0.4) is 0 Å². The van der Waals surface area contributed by atoms with E-state index >= 15 is 0 Å². The molecule has 32 heavy (non-hydrogen) atoms. The molecule has 0 fully saturated rings. The molecule has 4 rings (SSSR count). The van der Waals surface area contributed by atoms with Gasteiger partial charge >= 0.3 is 0 Å². The Morgan fingerprint density at radius 1 is 1.00 bits per heavy atom. The maximum absolute atomic E-state index is 14.0. The summed E-state index contributed by atoms with van der Waals surface area (Å²) in [6.07, 6.45) is 1.65. The highest BCUT2D eigenvalue weighted by molar-refractivity contribution is 7.99. The van der Waals surface area contributed by atoms with Crippen LogP contribution in [0.5, 0.6) is 0 Å². The average molecular weight is 462 g/mol. The smallest absolute Gasteiger partial charge is 0.275 e. The third-order valence-electron chi connectivity index (χ3n) is 4.51. The number of carbonyl (C=O) groups is 1. The van der Waals surface area contributed by atoms with Gasteiger partial charge in [0.15, 0.2) is 5.16 Å². The van der Waals surface area contributed by atoms with Crippen molar-refractivity contribution >= 4 is 35.1 Å². The van der Waals surface area contributed by atoms with E-state index < -0.39 is 0 Å². The molecule has 1 amide bonds. The Hall–Kier alpha value is -3.16. The van der Waals surface area contributed by atoms with E-state index in [9.17, 15) is 9.18 Å². The van der Waals surface area contributed by atoms with Crippen LogP contribution in [-0.4, -0.2) is 15.9 Å². The van der Waals surface area contributed by atoms with Crippen LogP contribution in [0.25, 0.3) is 0 Å². The van der Waals surface area contributed by atoms with Gasteiger partial charge in [-0.1, -0.05) is 72.1 Å². The van der Waals surface area contributed by atoms with E-state index in [0.29, 0.717) is 27.1 Å². The van der Waals surface area contributed by atoms with E-state index in [-0.39, 0.29) is 17.4 Å². The maximum atomic E-state index is 14.0. The lowest BCUT2D eigenvalue weighted by Crippen LogP contribution is -2.16. The largest absolute Gasteiger partial charge is 0.321 e. The van der Waals surface area contributed by atoms with Gasteiger partial charge < -0.3 is 5.32 Å². The molecule has 1 N–H and O–H groups in total. The van der Waals surface area contributed by atoms with Crippen molar-refractivity contribution in [3.63, 3.8) is 0 Å². The minimum atomic E-state index is -0.316. The van der Waals surface area contributed by atoms with Gasteiger partial charge in [-0.05, 0) is 48.4 Å². The molecule has 0 aliphatic heterocycles. The van der Waals surface area contributed by atoms with Crippen LogP contribution < -0.4 is 5.32 Å². The zero-order chi connectivity index (χ0) is 22.3. The van der Waals surface area contributed by atoms with E-state index in [0.717, 1.165) is 10.5 Å². The van der Waals surface area contributed by atoms with Crippen molar-refractivity contribution in [2.45, 2.75) is 27.6 Å². The van der Waals surface area contributed by atoms with E-state index in [1.807, 2.05) is 61.5 Å². The van der Waals surface area contributed by atoms with Crippen molar-refractivity contribution in [2.75, 3.05) is 5.32 Å². The average Bonchev–Trinajstić information content (AvgIpc) is 2.80. The number of carbonyl (C=O) groups excluding carboxylic acids is 1. The summed E-state index contributed by atoms with van der Waals surface area (Å²) in [5.41, 5.74) is 2.59. The summed E-state index contributed by atoms with van der Waals surface area (Å²) in [4.78, 5) is 23.7. The zero-order valence-electron chi connectivity index (χ0n) is 17.3. The van der Waals surface area contributed by atoms with Gasteiger partial charge in [0.25, 0.3) is 5.91 Å². The van der Waals surface area contributed by atoms with E-state index in [1.54, 1.807) is 24.4 Å². The van der Waals surface area contributed by atoms with Gasteiger partial charge in [0.1, 0.15) is 11.5 Å². The molecular formula is C25H20FN3OS2. The predicted molar refractivity (Wildman–Crippen MR) is 128 cm³/mol. The molecule has 0 radical (unpaired) electrons. The number of anilines is 1. The second kappa shape index (κ2) is 10.4. The summed E-state index contributed by atoms with van der Waals surface area (Å²) in [7, 11) is 0. The molecule has 0 saturated heterocycles. The summed E-state index contributed by atoms with van der Waals surface area (Å²) in [6.45, 7) is 1.97. The molecule has 1 aromatic heterocycles. The Balaban J connectivity index is 1.60. The number of amides is 1.